The Morgan fingerprint density at radius 2 is 2.00 bits per heavy atom. The highest BCUT2D eigenvalue weighted by Crippen LogP contribution is 2.21. The van der Waals surface area contributed by atoms with Crippen LogP contribution in [0.4, 0.5) is 0 Å². The summed E-state index contributed by atoms with van der Waals surface area (Å²) in [6.07, 6.45) is 1.73. The number of hydrogen-bond donors (Lipinski definition) is 0. The third kappa shape index (κ3) is 2.76. The van der Waals surface area contributed by atoms with E-state index in [1.807, 2.05) is 31.2 Å². The summed E-state index contributed by atoms with van der Waals surface area (Å²) in [6.45, 7) is 4.27. The molecular formula is C17H14ClN5O. The average Bonchev–Trinajstić information content (AvgIpc) is 3.14. The summed E-state index contributed by atoms with van der Waals surface area (Å²) in [4.78, 5) is 4.59. The van der Waals surface area contributed by atoms with Gasteiger partial charge in [-0.05, 0) is 32.0 Å². The van der Waals surface area contributed by atoms with Gasteiger partial charge in [0.1, 0.15) is 12.2 Å². The Balaban J connectivity index is 1.63. The predicted octanol–water partition coefficient (Wildman–Crippen LogP) is 3.80. The molecule has 3 aromatic heterocycles. The van der Waals surface area contributed by atoms with Crippen LogP contribution >= 0.6 is 11.6 Å². The number of nitrogens with zero attached hydrogens (tertiary/aromatic N) is 5. The molecule has 4 aromatic rings. The van der Waals surface area contributed by atoms with Gasteiger partial charge in [-0.1, -0.05) is 29.3 Å². The van der Waals surface area contributed by atoms with Crippen LogP contribution in [0.5, 0.6) is 0 Å². The molecule has 1 aromatic carbocycles. The lowest BCUT2D eigenvalue weighted by Crippen LogP contribution is -2.00. The molecule has 0 spiro atoms. The van der Waals surface area contributed by atoms with Gasteiger partial charge >= 0.3 is 0 Å². The van der Waals surface area contributed by atoms with Crippen LogP contribution in [-0.2, 0) is 6.54 Å². The molecule has 0 N–H and O–H groups in total. The van der Waals surface area contributed by atoms with E-state index in [1.54, 1.807) is 10.9 Å². The topological polar surface area (TPSA) is 69.6 Å². The van der Waals surface area contributed by atoms with Crippen molar-refractivity contribution in [2.24, 2.45) is 0 Å². The van der Waals surface area contributed by atoms with Crippen LogP contribution in [0.3, 0.4) is 0 Å². The summed E-state index contributed by atoms with van der Waals surface area (Å²) in [5.41, 5.74) is 3.51. The number of aromatic nitrogens is 5. The average molecular weight is 340 g/mol. The van der Waals surface area contributed by atoms with Gasteiger partial charge in [-0.25, -0.2) is 4.98 Å². The minimum atomic E-state index is 0.368. The molecule has 120 valence electrons. The van der Waals surface area contributed by atoms with Crippen molar-refractivity contribution in [3.05, 3.63) is 58.7 Å². The number of aryl methyl sites for hydroxylation is 2. The van der Waals surface area contributed by atoms with Crippen molar-refractivity contribution in [2.75, 3.05) is 0 Å². The molecule has 0 aliphatic carbocycles. The van der Waals surface area contributed by atoms with E-state index in [0.29, 0.717) is 29.0 Å². The molecule has 3 heterocycles. The molecule has 4 rings (SSSR count). The van der Waals surface area contributed by atoms with Gasteiger partial charge in [-0.15, -0.1) is 10.2 Å². The van der Waals surface area contributed by atoms with Crippen molar-refractivity contribution < 1.29 is 4.42 Å². The maximum Gasteiger partial charge on any atom is 0.266 e. The fourth-order valence-corrected chi connectivity index (χ4v) is 2.65. The predicted molar refractivity (Wildman–Crippen MR) is 90.8 cm³/mol. The third-order valence-corrected chi connectivity index (χ3v) is 4.09. The van der Waals surface area contributed by atoms with E-state index in [-0.39, 0.29) is 0 Å². The summed E-state index contributed by atoms with van der Waals surface area (Å²) in [5.74, 6) is 0.845. The Bertz CT molecular complexity index is 1020. The minimum Gasteiger partial charge on any atom is -0.417 e. The first-order valence-electron chi connectivity index (χ1n) is 7.48. The van der Waals surface area contributed by atoms with Gasteiger partial charge < -0.3 is 4.42 Å². The van der Waals surface area contributed by atoms with E-state index >= 15 is 0 Å². The van der Waals surface area contributed by atoms with E-state index in [9.17, 15) is 0 Å². The highest BCUT2D eigenvalue weighted by atomic mass is 35.5. The molecule has 6 nitrogen and oxygen atoms in total. The van der Waals surface area contributed by atoms with Crippen molar-refractivity contribution in [2.45, 2.75) is 20.4 Å². The number of benzene rings is 1. The maximum atomic E-state index is 6.00. The Morgan fingerprint density at radius 1 is 1.12 bits per heavy atom. The molecule has 0 radical (unpaired) electrons. The van der Waals surface area contributed by atoms with E-state index in [1.165, 1.54) is 5.56 Å². The van der Waals surface area contributed by atoms with Gasteiger partial charge in [0, 0.05) is 11.6 Å². The molecule has 24 heavy (non-hydrogen) atoms. The molecular weight excluding hydrogens is 326 g/mol. The van der Waals surface area contributed by atoms with Gasteiger partial charge in [0.05, 0.1) is 16.2 Å². The lowest BCUT2D eigenvalue weighted by molar-refractivity contribution is 0.472. The zero-order valence-corrected chi connectivity index (χ0v) is 13.9. The second kappa shape index (κ2) is 5.72. The highest BCUT2D eigenvalue weighted by molar-refractivity contribution is 6.31. The first-order valence-corrected chi connectivity index (χ1v) is 7.86. The Hall–Kier alpha value is -2.73. The first kappa shape index (κ1) is 14.8. The summed E-state index contributed by atoms with van der Waals surface area (Å²) in [6, 6.07) is 10.00. The molecule has 0 saturated heterocycles. The Labute approximate surface area is 143 Å². The second-order valence-electron chi connectivity index (χ2n) is 5.65. The van der Waals surface area contributed by atoms with Crippen LogP contribution in [0.2, 0.25) is 5.02 Å². The van der Waals surface area contributed by atoms with E-state index in [0.717, 1.165) is 16.6 Å². The van der Waals surface area contributed by atoms with Crippen LogP contribution in [-0.4, -0.2) is 25.0 Å². The SMILES string of the molecule is Cc1ccc2nc(-c3nnc(Cn4cc(Cl)c(C)n4)o3)ccc2c1. The van der Waals surface area contributed by atoms with Gasteiger partial charge in [0.15, 0.2) is 0 Å². The second-order valence-corrected chi connectivity index (χ2v) is 6.06. The van der Waals surface area contributed by atoms with Crippen molar-refractivity contribution >= 4 is 22.5 Å². The van der Waals surface area contributed by atoms with Crippen LogP contribution in [0.25, 0.3) is 22.5 Å². The maximum absolute atomic E-state index is 6.00. The van der Waals surface area contributed by atoms with Crippen LogP contribution in [0.15, 0.2) is 40.9 Å². The van der Waals surface area contributed by atoms with Crippen molar-refractivity contribution in [3.8, 4) is 11.6 Å². The number of hydrogen-bond acceptors (Lipinski definition) is 5. The molecule has 0 aliphatic heterocycles. The van der Waals surface area contributed by atoms with E-state index in [2.05, 4.69) is 33.3 Å². The fourth-order valence-electron chi connectivity index (χ4n) is 2.50. The summed E-state index contributed by atoms with van der Waals surface area (Å²) in [7, 11) is 0. The number of rotatable bonds is 3. The lowest BCUT2D eigenvalue weighted by atomic mass is 10.1. The van der Waals surface area contributed by atoms with Gasteiger partial charge in [-0.2, -0.15) is 5.10 Å². The molecule has 0 amide bonds. The smallest absolute Gasteiger partial charge is 0.266 e. The third-order valence-electron chi connectivity index (χ3n) is 3.71. The molecule has 0 saturated carbocycles. The lowest BCUT2D eigenvalue weighted by Gasteiger charge is -2.00. The van der Waals surface area contributed by atoms with Crippen molar-refractivity contribution in [1.82, 2.24) is 25.0 Å². The monoisotopic (exact) mass is 339 g/mol. The van der Waals surface area contributed by atoms with Crippen LogP contribution in [0, 0.1) is 13.8 Å². The standard InChI is InChI=1S/C17H14ClN5O/c1-10-3-5-14-12(7-10)4-6-15(19-14)17-21-20-16(24-17)9-23-8-13(18)11(2)22-23/h3-8H,9H2,1-2H3. The molecule has 0 unspecified atom stereocenters. The van der Waals surface area contributed by atoms with E-state index < -0.39 is 0 Å². The quantitative estimate of drug-likeness (QED) is 0.567. The zero-order chi connectivity index (χ0) is 16.7. The number of fused-ring (bicyclic) bond motifs is 1. The number of halogens is 1. The van der Waals surface area contributed by atoms with Crippen LogP contribution < -0.4 is 0 Å². The molecule has 0 aliphatic rings. The highest BCUT2D eigenvalue weighted by Gasteiger charge is 2.12. The van der Waals surface area contributed by atoms with Gasteiger partial charge in [0.2, 0.25) is 5.89 Å². The first-order chi connectivity index (χ1) is 11.6. The zero-order valence-electron chi connectivity index (χ0n) is 13.2. The molecule has 7 heteroatoms. The summed E-state index contributed by atoms with van der Waals surface area (Å²) < 4.78 is 7.38. The molecule has 0 atom stereocenters. The molecule has 0 bridgehead atoms. The van der Waals surface area contributed by atoms with E-state index in [4.69, 9.17) is 16.0 Å². The summed E-state index contributed by atoms with van der Waals surface area (Å²) in [5, 5.41) is 14.1. The Morgan fingerprint density at radius 3 is 2.79 bits per heavy atom. The van der Waals surface area contributed by atoms with Gasteiger partial charge in [-0.3, -0.25) is 4.68 Å². The number of pyridine rings is 1. The Kier molecular flexibility index (Phi) is 3.54. The van der Waals surface area contributed by atoms with Crippen molar-refractivity contribution in [1.29, 1.82) is 0 Å². The molecule has 0 fully saturated rings. The van der Waals surface area contributed by atoms with Crippen LogP contribution in [0.1, 0.15) is 17.1 Å². The fraction of sp³-hybridized carbons (Fsp3) is 0.176. The van der Waals surface area contributed by atoms with Gasteiger partial charge in [0.25, 0.3) is 5.89 Å². The minimum absolute atomic E-state index is 0.368. The van der Waals surface area contributed by atoms with Crippen molar-refractivity contribution in [3.63, 3.8) is 0 Å². The normalized spacial score (nSPS) is 11.3. The summed E-state index contributed by atoms with van der Waals surface area (Å²) >= 11 is 6.00. The largest absolute Gasteiger partial charge is 0.417 e.